The van der Waals surface area contributed by atoms with E-state index in [2.05, 4.69) is 10.2 Å². The Bertz CT molecular complexity index is 1160. The average molecular weight is 575 g/mol. The number of rotatable bonds is 11. The molecule has 0 aliphatic heterocycles. The summed E-state index contributed by atoms with van der Waals surface area (Å²) in [5.41, 5.74) is 1.10. The molecule has 204 valence electrons. The second-order valence-corrected chi connectivity index (χ2v) is 12.5. The molecule has 37 heavy (non-hydrogen) atoms. The number of ether oxygens (including phenoxy) is 1. The van der Waals surface area contributed by atoms with Gasteiger partial charge in [-0.1, -0.05) is 35.3 Å². The van der Waals surface area contributed by atoms with Crippen molar-refractivity contribution in [3.05, 3.63) is 63.9 Å². The summed E-state index contributed by atoms with van der Waals surface area (Å²) in [6, 6.07) is 11.1. The molecule has 2 aromatic carbocycles. The van der Waals surface area contributed by atoms with E-state index in [4.69, 9.17) is 27.9 Å². The van der Waals surface area contributed by atoms with E-state index >= 15 is 0 Å². The van der Waals surface area contributed by atoms with E-state index in [1.807, 2.05) is 26.2 Å². The third-order valence-electron chi connectivity index (χ3n) is 6.72. The van der Waals surface area contributed by atoms with Crippen LogP contribution >= 0.6 is 23.2 Å². The van der Waals surface area contributed by atoms with Crippen LogP contribution in [-0.4, -0.2) is 70.5 Å². The molecule has 1 unspecified atom stereocenters. The fourth-order valence-corrected chi connectivity index (χ4v) is 6.73. The predicted octanol–water partition coefficient (Wildman–Crippen LogP) is 4.75. The Hall–Kier alpha value is -1.75. The second-order valence-electron chi connectivity index (χ2n) is 9.59. The number of likely N-dealkylation sites (N-methyl/N-ethyl adjacent to an activating group) is 1. The Morgan fingerprint density at radius 1 is 1.08 bits per heavy atom. The minimum atomic E-state index is -3.81. The predicted molar refractivity (Wildman–Crippen MR) is 144 cm³/mol. The summed E-state index contributed by atoms with van der Waals surface area (Å²) in [6.45, 7) is -0.0241. The van der Waals surface area contributed by atoms with Crippen molar-refractivity contribution in [1.82, 2.24) is 14.5 Å². The molecule has 0 radical (unpaired) electrons. The van der Waals surface area contributed by atoms with Crippen molar-refractivity contribution in [3.63, 3.8) is 0 Å². The standard InChI is InChI=1S/C26H34Cl2FN3O4S/c1-31(2)26(18-4-9-21(29)10-5-18)19-6-11-22(12-7-19)30-25(33)17-36-15-14-32(3)37(34,35)24-13-8-20(27)16-23(24)28/h4-5,8-10,13,16,19,22,26H,6-7,11-12,14-15,17H2,1-3H3,(H,30,33). The molecule has 0 spiro atoms. The minimum absolute atomic E-state index is 0.0367. The highest BCUT2D eigenvalue weighted by Gasteiger charge is 2.30. The van der Waals surface area contributed by atoms with Crippen molar-refractivity contribution >= 4 is 39.1 Å². The Morgan fingerprint density at radius 3 is 2.32 bits per heavy atom. The topological polar surface area (TPSA) is 79.0 Å². The monoisotopic (exact) mass is 573 g/mol. The Balaban J connectivity index is 1.41. The second kappa shape index (κ2) is 13.4. The number of nitrogens with one attached hydrogen (secondary N) is 1. The van der Waals surface area contributed by atoms with Crippen LogP contribution in [0.25, 0.3) is 0 Å². The molecule has 1 atom stereocenters. The number of carbonyl (C=O) groups is 1. The van der Waals surface area contributed by atoms with Crippen molar-refractivity contribution in [1.29, 1.82) is 0 Å². The van der Waals surface area contributed by atoms with Crippen LogP contribution in [0, 0.1) is 11.7 Å². The van der Waals surface area contributed by atoms with Gasteiger partial charge in [0.2, 0.25) is 15.9 Å². The lowest BCUT2D eigenvalue weighted by molar-refractivity contribution is -0.126. The number of sulfonamides is 1. The van der Waals surface area contributed by atoms with Crippen molar-refractivity contribution < 1.29 is 22.3 Å². The molecule has 7 nitrogen and oxygen atoms in total. The Kier molecular flexibility index (Phi) is 10.8. The van der Waals surface area contributed by atoms with Gasteiger partial charge in [-0.2, -0.15) is 4.31 Å². The van der Waals surface area contributed by atoms with Gasteiger partial charge in [0.15, 0.2) is 0 Å². The van der Waals surface area contributed by atoms with Crippen molar-refractivity contribution in [3.8, 4) is 0 Å². The summed E-state index contributed by atoms with van der Waals surface area (Å²) >= 11 is 11.9. The van der Waals surface area contributed by atoms with E-state index < -0.39 is 10.0 Å². The number of hydrogen-bond acceptors (Lipinski definition) is 5. The van der Waals surface area contributed by atoms with Gasteiger partial charge in [0.05, 0.1) is 11.6 Å². The molecule has 1 saturated carbocycles. The van der Waals surface area contributed by atoms with Gasteiger partial charge in [-0.15, -0.1) is 0 Å². The van der Waals surface area contributed by atoms with Gasteiger partial charge in [-0.05, 0) is 81.6 Å². The number of hydrogen-bond donors (Lipinski definition) is 1. The first-order valence-electron chi connectivity index (χ1n) is 12.2. The van der Waals surface area contributed by atoms with Gasteiger partial charge < -0.3 is 15.0 Å². The molecule has 3 rings (SSSR count). The quantitative estimate of drug-likeness (QED) is 0.392. The van der Waals surface area contributed by atoms with E-state index in [9.17, 15) is 17.6 Å². The molecular formula is C26H34Cl2FN3O4S. The smallest absolute Gasteiger partial charge is 0.246 e. The summed E-state index contributed by atoms with van der Waals surface area (Å²) in [7, 11) is 1.68. The normalized spacial score (nSPS) is 19.2. The number of benzene rings is 2. The fraction of sp³-hybridized carbons (Fsp3) is 0.500. The Morgan fingerprint density at radius 2 is 1.73 bits per heavy atom. The van der Waals surface area contributed by atoms with Gasteiger partial charge >= 0.3 is 0 Å². The summed E-state index contributed by atoms with van der Waals surface area (Å²) in [6.07, 6.45) is 3.60. The lowest BCUT2D eigenvalue weighted by Gasteiger charge is -2.37. The zero-order valence-corrected chi connectivity index (χ0v) is 23.6. The SMILES string of the molecule is CN(C)C(c1ccc(F)cc1)C1CCC(NC(=O)COCCN(C)S(=O)(=O)c2ccc(Cl)cc2Cl)CC1. The van der Waals surface area contributed by atoms with Gasteiger partial charge in [-0.3, -0.25) is 4.79 Å². The minimum Gasteiger partial charge on any atom is -0.370 e. The number of halogens is 3. The van der Waals surface area contributed by atoms with Crippen molar-refractivity contribution in [2.45, 2.75) is 42.7 Å². The Labute approximate surface area is 228 Å². The number of carbonyl (C=O) groups excluding carboxylic acids is 1. The van der Waals surface area contributed by atoms with Crippen LogP contribution in [0.3, 0.4) is 0 Å². The van der Waals surface area contributed by atoms with E-state index in [-0.39, 0.29) is 53.5 Å². The number of amides is 1. The largest absolute Gasteiger partial charge is 0.370 e. The molecular weight excluding hydrogens is 540 g/mol. The van der Waals surface area contributed by atoms with Gasteiger partial charge in [-0.25, -0.2) is 12.8 Å². The summed E-state index contributed by atoms with van der Waals surface area (Å²) in [5.74, 6) is -0.0528. The van der Waals surface area contributed by atoms with E-state index in [0.717, 1.165) is 35.6 Å². The molecule has 0 heterocycles. The fourth-order valence-electron chi connectivity index (χ4n) is 4.83. The van der Waals surface area contributed by atoms with Crippen molar-refractivity contribution in [2.75, 3.05) is 40.9 Å². The van der Waals surface area contributed by atoms with Gasteiger partial charge in [0.25, 0.3) is 0 Å². The van der Waals surface area contributed by atoms with Crippen LogP contribution in [0.15, 0.2) is 47.4 Å². The lowest BCUT2D eigenvalue weighted by atomic mass is 9.78. The van der Waals surface area contributed by atoms with Crippen LogP contribution in [0.1, 0.15) is 37.3 Å². The van der Waals surface area contributed by atoms with Crippen LogP contribution < -0.4 is 5.32 Å². The maximum Gasteiger partial charge on any atom is 0.246 e. The van der Waals surface area contributed by atoms with Gasteiger partial charge in [0, 0.05) is 30.7 Å². The number of nitrogens with zero attached hydrogens (tertiary/aromatic N) is 2. The molecule has 1 amide bonds. The van der Waals surface area contributed by atoms with Crippen LogP contribution in [-0.2, 0) is 19.6 Å². The maximum absolute atomic E-state index is 13.4. The van der Waals surface area contributed by atoms with Gasteiger partial charge in [0.1, 0.15) is 17.3 Å². The molecule has 1 aliphatic rings. The molecule has 1 aliphatic carbocycles. The average Bonchev–Trinajstić information content (AvgIpc) is 2.83. The summed E-state index contributed by atoms with van der Waals surface area (Å²) in [5, 5.41) is 3.42. The zero-order chi connectivity index (χ0) is 27.2. The molecule has 11 heteroatoms. The van der Waals surface area contributed by atoms with E-state index in [0.29, 0.717) is 10.9 Å². The molecule has 2 aromatic rings. The lowest BCUT2D eigenvalue weighted by Crippen LogP contribution is -2.41. The molecule has 1 fully saturated rings. The third kappa shape index (κ3) is 8.12. The zero-order valence-electron chi connectivity index (χ0n) is 21.3. The molecule has 0 saturated heterocycles. The first-order valence-corrected chi connectivity index (χ1v) is 14.4. The van der Waals surface area contributed by atoms with Crippen molar-refractivity contribution in [2.24, 2.45) is 5.92 Å². The van der Waals surface area contributed by atoms with Crippen LogP contribution in [0.2, 0.25) is 10.0 Å². The molecule has 0 aromatic heterocycles. The first kappa shape index (κ1) is 29.8. The maximum atomic E-state index is 13.4. The van der Waals surface area contributed by atoms with Crippen LogP contribution in [0.4, 0.5) is 4.39 Å². The highest BCUT2D eigenvalue weighted by molar-refractivity contribution is 7.89. The van der Waals surface area contributed by atoms with Crippen LogP contribution in [0.5, 0.6) is 0 Å². The third-order valence-corrected chi connectivity index (χ3v) is 9.29. The highest BCUT2D eigenvalue weighted by Crippen LogP contribution is 2.37. The highest BCUT2D eigenvalue weighted by atomic mass is 35.5. The first-order chi connectivity index (χ1) is 17.5. The van der Waals surface area contributed by atoms with E-state index in [1.165, 1.54) is 37.4 Å². The molecule has 1 N–H and O–H groups in total. The summed E-state index contributed by atoms with van der Waals surface area (Å²) in [4.78, 5) is 14.5. The van der Waals surface area contributed by atoms with E-state index in [1.54, 1.807) is 0 Å². The molecule has 0 bridgehead atoms. The summed E-state index contributed by atoms with van der Waals surface area (Å²) < 4.78 is 45.4.